The Labute approximate surface area is 104 Å². The van der Waals surface area contributed by atoms with Crippen molar-refractivity contribution >= 4 is 6.16 Å². The first-order valence-corrected chi connectivity index (χ1v) is 5.35. The fourth-order valence-corrected chi connectivity index (χ4v) is 1.68. The van der Waals surface area contributed by atoms with Gasteiger partial charge in [0.25, 0.3) is 0 Å². The van der Waals surface area contributed by atoms with Crippen molar-refractivity contribution in [3.05, 3.63) is 48.5 Å². The molecule has 0 heterocycles. The summed E-state index contributed by atoms with van der Waals surface area (Å²) in [5.74, 6) is 1.01. The van der Waals surface area contributed by atoms with Gasteiger partial charge >= 0.3 is 6.16 Å². The molecule has 0 atom stereocenters. The van der Waals surface area contributed by atoms with E-state index in [1.165, 1.54) is 0 Å². The molecule has 4 heteroatoms. The maximum atomic E-state index is 10.6. The molecular weight excluding hydrogens is 232 g/mol. The van der Waals surface area contributed by atoms with Crippen LogP contribution in [0.2, 0.25) is 0 Å². The summed E-state index contributed by atoms with van der Waals surface area (Å²) >= 11 is 0. The van der Waals surface area contributed by atoms with Crippen LogP contribution in [0.25, 0.3) is 11.1 Å². The molecule has 0 fully saturated rings. The third kappa shape index (κ3) is 2.60. The zero-order valence-corrected chi connectivity index (χ0v) is 9.79. The second-order valence-corrected chi connectivity index (χ2v) is 3.60. The van der Waals surface area contributed by atoms with Gasteiger partial charge in [0.1, 0.15) is 11.5 Å². The maximum absolute atomic E-state index is 10.6. The van der Waals surface area contributed by atoms with Crippen LogP contribution in [0.1, 0.15) is 0 Å². The molecule has 0 amide bonds. The topological polar surface area (TPSA) is 55.8 Å². The Morgan fingerprint density at radius 3 is 2.61 bits per heavy atom. The van der Waals surface area contributed by atoms with Crippen LogP contribution in [-0.4, -0.2) is 18.4 Å². The number of benzene rings is 2. The lowest BCUT2D eigenvalue weighted by molar-refractivity contribution is 0.144. The molecule has 0 saturated heterocycles. The van der Waals surface area contributed by atoms with Gasteiger partial charge in [0.05, 0.1) is 7.11 Å². The van der Waals surface area contributed by atoms with Crippen molar-refractivity contribution in [1.29, 1.82) is 0 Å². The van der Waals surface area contributed by atoms with E-state index in [0.29, 0.717) is 17.1 Å². The Bertz CT molecular complexity index is 563. The van der Waals surface area contributed by atoms with Gasteiger partial charge in [-0.05, 0) is 23.8 Å². The number of carbonyl (C=O) groups is 1. The molecule has 0 saturated carbocycles. The third-order valence-electron chi connectivity index (χ3n) is 2.47. The van der Waals surface area contributed by atoms with Crippen LogP contribution in [-0.2, 0) is 0 Å². The van der Waals surface area contributed by atoms with Crippen molar-refractivity contribution in [2.75, 3.05) is 7.11 Å². The summed E-state index contributed by atoms with van der Waals surface area (Å²) in [7, 11) is 1.58. The van der Waals surface area contributed by atoms with Gasteiger partial charge in [-0.1, -0.05) is 30.3 Å². The Kier molecular flexibility index (Phi) is 3.48. The predicted molar refractivity (Wildman–Crippen MR) is 67.1 cm³/mol. The van der Waals surface area contributed by atoms with E-state index in [9.17, 15) is 4.79 Å². The molecule has 0 unspecified atom stereocenters. The molecule has 2 aromatic carbocycles. The van der Waals surface area contributed by atoms with Crippen molar-refractivity contribution in [3.63, 3.8) is 0 Å². The van der Waals surface area contributed by atoms with Gasteiger partial charge in [-0.3, -0.25) is 0 Å². The van der Waals surface area contributed by atoms with Crippen molar-refractivity contribution < 1.29 is 19.4 Å². The van der Waals surface area contributed by atoms with Crippen molar-refractivity contribution in [3.8, 4) is 22.6 Å². The molecule has 0 bridgehead atoms. The lowest BCUT2D eigenvalue weighted by Crippen LogP contribution is -2.03. The second-order valence-electron chi connectivity index (χ2n) is 3.60. The van der Waals surface area contributed by atoms with Crippen LogP contribution >= 0.6 is 0 Å². The van der Waals surface area contributed by atoms with E-state index in [0.717, 1.165) is 5.56 Å². The molecule has 0 aliphatic carbocycles. The van der Waals surface area contributed by atoms with Crippen LogP contribution < -0.4 is 9.47 Å². The van der Waals surface area contributed by atoms with E-state index in [2.05, 4.69) is 0 Å². The van der Waals surface area contributed by atoms with Crippen molar-refractivity contribution in [2.45, 2.75) is 0 Å². The molecule has 2 rings (SSSR count). The lowest BCUT2D eigenvalue weighted by atomic mass is 10.0. The minimum absolute atomic E-state index is 0.304. The van der Waals surface area contributed by atoms with Gasteiger partial charge in [0.2, 0.25) is 0 Å². The van der Waals surface area contributed by atoms with Crippen LogP contribution in [0.3, 0.4) is 0 Å². The van der Waals surface area contributed by atoms with Gasteiger partial charge in [0.15, 0.2) is 0 Å². The summed E-state index contributed by atoms with van der Waals surface area (Å²) in [4.78, 5) is 10.6. The molecule has 0 aliphatic rings. The SMILES string of the molecule is COc1cccc(-c2ccccc2OC(=O)O)c1. The molecule has 18 heavy (non-hydrogen) atoms. The first kappa shape index (κ1) is 12.0. The molecule has 0 spiro atoms. The van der Waals surface area contributed by atoms with Gasteiger partial charge in [0, 0.05) is 5.56 Å². The van der Waals surface area contributed by atoms with E-state index in [-0.39, 0.29) is 0 Å². The predicted octanol–water partition coefficient (Wildman–Crippen LogP) is 3.42. The average molecular weight is 244 g/mol. The Morgan fingerprint density at radius 2 is 1.89 bits per heavy atom. The summed E-state index contributed by atoms with van der Waals surface area (Å²) in [6.45, 7) is 0. The van der Waals surface area contributed by atoms with E-state index >= 15 is 0 Å². The van der Waals surface area contributed by atoms with Gasteiger partial charge in [-0.2, -0.15) is 0 Å². The van der Waals surface area contributed by atoms with E-state index in [1.54, 1.807) is 25.3 Å². The summed E-state index contributed by atoms with van der Waals surface area (Å²) in [6.07, 6.45) is -1.33. The minimum Gasteiger partial charge on any atom is -0.497 e. The van der Waals surface area contributed by atoms with Gasteiger partial charge in [-0.15, -0.1) is 0 Å². The Balaban J connectivity index is 2.45. The molecular formula is C14H12O4. The smallest absolute Gasteiger partial charge is 0.497 e. The van der Waals surface area contributed by atoms with Crippen molar-refractivity contribution in [1.82, 2.24) is 0 Å². The van der Waals surface area contributed by atoms with Crippen LogP contribution in [0.4, 0.5) is 4.79 Å². The highest BCUT2D eigenvalue weighted by atomic mass is 16.7. The molecule has 0 aromatic heterocycles. The summed E-state index contributed by atoms with van der Waals surface area (Å²) < 4.78 is 9.89. The van der Waals surface area contributed by atoms with Crippen LogP contribution in [0, 0.1) is 0 Å². The lowest BCUT2D eigenvalue weighted by Gasteiger charge is -2.09. The number of carboxylic acid groups (broad SMARTS) is 1. The quantitative estimate of drug-likeness (QED) is 0.664. The first-order chi connectivity index (χ1) is 8.70. The number of hydrogen-bond donors (Lipinski definition) is 1. The van der Waals surface area contributed by atoms with Gasteiger partial charge in [-0.25, -0.2) is 4.79 Å². The standard InChI is InChI=1S/C14H12O4/c1-17-11-6-4-5-10(9-11)12-7-2-3-8-13(12)18-14(15)16/h2-9H,1H3,(H,15,16). The number of para-hydroxylation sites is 1. The van der Waals surface area contributed by atoms with Gasteiger partial charge < -0.3 is 14.6 Å². The largest absolute Gasteiger partial charge is 0.511 e. The molecule has 0 radical (unpaired) electrons. The molecule has 92 valence electrons. The highest BCUT2D eigenvalue weighted by Gasteiger charge is 2.09. The zero-order valence-electron chi connectivity index (χ0n) is 9.79. The fraction of sp³-hybridized carbons (Fsp3) is 0.0714. The minimum atomic E-state index is -1.33. The summed E-state index contributed by atoms with van der Waals surface area (Å²) in [6, 6.07) is 14.3. The first-order valence-electron chi connectivity index (χ1n) is 5.35. The van der Waals surface area contributed by atoms with Crippen LogP contribution in [0.5, 0.6) is 11.5 Å². The van der Waals surface area contributed by atoms with Crippen LogP contribution in [0.15, 0.2) is 48.5 Å². The fourth-order valence-electron chi connectivity index (χ4n) is 1.68. The highest BCUT2D eigenvalue weighted by molar-refractivity contribution is 5.74. The van der Waals surface area contributed by atoms with E-state index < -0.39 is 6.16 Å². The Hall–Kier alpha value is -2.49. The molecule has 1 N–H and O–H groups in total. The molecule has 0 aliphatic heterocycles. The zero-order chi connectivity index (χ0) is 13.0. The van der Waals surface area contributed by atoms with E-state index in [1.807, 2.05) is 30.3 Å². The average Bonchev–Trinajstić information content (AvgIpc) is 2.39. The second kappa shape index (κ2) is 5.23. The molecule has 2 aromatic rings. The number of methoxy groups -OCH3 is 1. The highest BCUT2D eigenvalue weighted by Crippen LogP contribution is 2.31. The monoisotopic (exact) mass is 244 g/mol. The number of rotatable bonds is 3. The Morgan fingerprint density at radius 1 is 1.11 bits per heavy atom. The molecule has 4 nitrogen and oxygen atoms in total. The van der Waals surface area contributed by atoms with Crippen molar-refractivity contribution in [2.24, 2.45) is 0 Å². The number of hydrogen-bond acceptors (Lipinski definition) is 3. The summed E-state index contributed by atoms with van der Waals surface area (Å²) in [5, 5.41) is 8.69. The number of ether oxygens (including phenoxy) is 2. The summed E-state index contributed by atoms with van der Waals surface area (Å²) in [5.41, 5.74) is 1.55. The van der Waals surface area contributed by atoms with E-state index in [4.69, 9.17) is 14.6 Å². The maximum Gasteiger partial charge on any atom is 0.511 e. The third-order valence-corrected chi connectivity index (χ3v) is 2.47. The normalized spacial score (nSPS) is 9.83.